The first-order valence-electron chi connectivity index (χ1n) is 8.03. The van der Waals surface area contributed by atoms with Crippen molar-refractivity contribution in [3.8, 4) is 5.69 Å². The summed E-state index contributed by atoms with van der Waals surface area (Å²) in [4.78, 5) is 3.95. The Morgan fingerprint density at radius 1 is 1.29 bits per heavy atom. The maximum absolute atomic E-state index is 14.2. The maximum atomic E-state index is 14.2. The van der Waals surface area contributed by atoms with Crippen LogP contribution in [0.5, 0.6) is 0 Å². The lowest BCUT2D eigenvalue weighted by Gasteiger charge is -2.25. The van der Waals surface area contributed by atoms with E-state index in [0.29, 0.717) is 18.2 Å². The van der Waals surface area contributed by atoms with Crippen molar-refractivity contribution in [2.75, 3.05) is 18.4 Å². The van der Waals surface area contributed by atoms with E-state index in [1.165, 1.54) is 0 Å². The zero-order chi connectivity index (χ0) is 16.4. The van der Waals surface area contributed by atoms with Gasteiger partial charge in [-0.2, -0.15) is 5.10 Å². The summed E-state index contributed by atoms with van der Waals surface area (Å²) < 4.78 is 17.9. The number of fused-ring (bicyclic) bond motifs is 1. The summed E-state index contributed by atoms with van der Waals surface area (Å²) in [6.45, 7) is 3.32. The number of rotatable bonds is 5. The van der Waals surface area contributed by atoms with E-state index in [4.69, 9.17) is 0 Å². The number of hydrogen-bond acceptors (Lipinski definition) is 4. The minimum Gasteiger partial charge on any atom is -0.370 e. The molecule has 6 nitrogen and oxygen atoms in total. The summed E-state index contributed by atoms with van der Waals surface area (Å²) in [5.41, 5.74) is 1.44. The third-order valence-electron chi connectivity index (χ3n) is 4.28. The highest BCUT2D eigenvalue weighted by Crippen LogP contribution is 2.17. The highest BCUT2D eigenvalue weighted by atomic mass is 19.1. The Kier molecular flexibility index (Phi) is 4.00. The average molecular weight is 326 g/mol. The molecule has 1 unspecified atom stereocenters. The lowest BCUT2D eigenvalue weighted by Crippen LogP contribution is -2.35. The fourth-order valence-corrected chi connectivity index (χ4v) is 3.02. The molecule has 0 spiro atoms. The van der Waals surface area contributed by atoms with Crippen molar-refractivity contribution in [1.82, 2.24) is 24.6 Å². The first-order chi connectivity index (χ1) is 11.8. The Morgan fingerprint density at radius 2 is 2.25 bits per heavy atom. The van der Waals surface area contributed by atoms with E-state index in [-0.39, 0.29) is 5.82 Å². The first-order valence-corrected chi connectivity index (χ1v) is 8.03. The summed E-state index contributed by atoms with van der Waals surface area (Å²) in [7, 11) is 0. The maximum Gasteiger partial charge on any atom is 0.147 e. The fourth-order valence-electron chi connectivity index (χ4n) is 3.02. The van der Waals surface area contributed by atoms with Gasteiger partial charge in [0.1, 0.15) is 11.6 Å². The van der Waals surface area contributed by atoms with Crippen LogP contribution in [0.2, 0.25) is 0 Å². The second kappa shape index (κ2) is 6.45. The molecule has 0 bridgehead atoms. The molecular weight excluding hydrogens is 307 g/mol. The van der Waals surface area contributed by atoms with Crippen LogP contribution in [-0.2, 0) is 13.1 Å². The van der Waals surface area contributed by atoms with Crippen molar-refractivity contribution in [1.29, 1.82) is 0 Å². The molecule has 4 rings (SSSR count). The van der Waals surface area contributed by atoms with Crippen LogP contribution in [0.4, 0.5) is 10.2 Å². The number of halogens is 1. The summed E-state index contributed by atoms with van der Waals surface area (Å²) >= 11 is 0. The normalized spacial score (nSPS) is 16.6. The summed E-state index contributed by atoms with van der Waals surface area (Å²) in [6.07, 6.45) is 6.77. The van der Waals surface area contributed by atoms with Crippen LogP contribution in [0.1, 0.15) is 5.56 Å². The number of imidazole rings is 1. The molecule has 1 aliphatic rings. The fraction of sp³-hybridized carbons (Fsp3) is 0.294. The second-order valence-corrected chi connectivity index (χ2v) is 6.03. The molecule has 0 saturated heterocycles. The zero-order valence-corrected chi connectivity index (χ0v) is 13.2. The highest BCUT2D eigenvalue weighted by molar-refractivity contribution is 5.37. The Balaban J connectivity index is 1.33. The Morgan fingerprint density at radius 3 is 3.08 bits per heavy atom. The van der Waals surface area contributed by atoms with Gasteiger partial charge in [0, 0.05) is 50.6 Å². The van der Waals surface area contributed by atoms with Crippen LogP contribution >= 0.6 is 0 Å². The number of hydrogen-bond donors (Lipinski definition) is 2. The SMILES string of the molecule is Fc1cc(CNCC2CNc3ccnn3C2)ccc1-n1ccnc1. The van der Waals surface area contributed by atoms with Gasteiger partial charge < -0.3 is 15.2 Å². The number of anilines is 1. The Bertz CT molecular complexity index is 810. The Labute approximate surface area is 139 Å². The van der Waals surface area contributed by atoms with E-state index in [0.717, 1.165) is 31.0 Å². The van der Waals surface area contributed by atoms with E-state index in [1.54, 1.807) is 35.4 Å². The van der Waals surface area contributed by atoms with Crippen molar-refractivity contribution in [2.45, 2.75) is 13.1 Å². The minimum absolute atomic E-state index is 0.243. The van der Waals surface area contributed by atoms with Crippen LogP contribution in [0.15, 0.2) is 49.2 Å². The van der Waals surface area contributed by atoms with Gasteiger partial charge in [0.25, 0.3) is 0 Å². The predicted octanol–water partition coefficient (Wildman–Crippen LogP) is 2.04. The molecule has 0 saturated carbocycles. The van der Waals surface area contributed by atoms with Gasteiger partial charge >= 0.3 is 0 Å². The van der Waals surface area contributed by atoms with Crippen molar-refractivity contribution >= 4 is 5.82 Å². The van der Waals surface area contributed by atoms with Crippen LogP contribution < -0.4 is 10.6 Å². The van der Waals surface area contributed by atoms with Crippen LogP contribution in [0, 0.1) is 11.7 Å². The van der Waals surface area contributed by atoms with Gasteiger partial charge in [-0.05, 0) is 17.7 Å². The molecule has 0 amide bonds. The molecule has 24 heavy (non-hydrogen) atoms. The van der Waals surface area contributed by atoms with Gasteiger partial charge in [0.05, 0.1) is 18.2 Å². The standard InChI is InChI=1S/C17H19FN6/c18-15-7-13(1-2-16(15)23-6-5-19-12-23)8-20-9-14-10-21-17-3-4-22-24(17)11-14/h1-7,12,14,20-21H,8-11H2. The lowest BCUT2D eigenvalue weighted by molar-refractivity contribution is 0.391. The quantitative estimate of drug-likeness (QED) is 0.753. The zero-order valence-electron chi connectivity index (χ0n) is 13.2. The molecule has 7 heteroatoms. The highest BCUT2D eigenvalue weighted by Gasteiger charge is 2.17. The third kappa shape index (κ3) is 3.03. The molecule has 0 aliphatic carbocycles. The number of aromatic nitrogens is 4. The topological polar surface area (TPSA) is 59.7 Å². The summed E-state index contributed by atoms with van der Waals surface area (Å²) in [5, 5.41) is 11.1. The van der Waals surface area contributed by atoms with E-state index < -0.39 is 0 Å². The largest absolute Gasteiger partial charge is 0.370 e. The smallest absolute Gasteiger partial charge is 0.147 e. The van der Waals surface area contributed by atoms with E-state index in [9.17, 15) is 4.39 Å². The molecule has 124 valence electrons. The molecule has 2 aromatic heterocycles. The molecule has 3 heterocycles. The molecule has 1 atom stereocenters. The second-order valence-electron chi connectivity index (χ2n) is 6.03. The summed E-state index contributed by atoms with van der Waals surface area (Å²) in [6, 6.07) is 7.28. The molecule has 0 radical (unpaired) electrons. The van der Waals surface area contributed by atoms with Crippen LogP contribution in [-0.4, -0.2) is 32.4 Å². The molecular formula is C17H19FN6. The van der Waals surface area contributed by atoms with Gasteiger partial charge in [-0.3, -0.25) is 0 Å². The van der Waals surface area contributed by atoms with Crippen molar-refractivity contribution < 1.29 is 4.39 Å². The molecule has 0 fully saturated rings. The van der Waals surface area contributed by atoms with E-state index in [1.807, 2.05) is 23.0 Å². The number of nitrogens with zero attached hydrogens (tertiary/aromatic N) is 4. The molecule has 1 aromatic carbocycles. The Hall–Kier alpha value is -2.67. The monoisotopic (exact) mass is 326 g/mol. The molecule has 1 aliphatic heterocycles. The lowest BCUT2D eigenvalue weighted by atomic mass is 10.1. The van der Waals surface area contributed by atoms with Gasteiger partial charge in [0.2, 0.25) is 0 Å². The van der Waals surface area contributed by atoms with Crippen LogP contribution in [0.3, 0.4) is 0 Å². The summed E-state index contributed by atoms with van der Waals surface area (Å²) in [5.74, 6) is 1.30. The van der Waals surface area contributed by atoms with Gasteiger partial charge in [-0.1, -0.05) is 6.07 Å². The number of nitrogens with one attached hydrogen (secondary N) is 2. The molecule has 3 aromatic rings. The van der Waals surface area contributed by atoms with Crippen LogP contribution in [0.25, 0.3) is 5.69 Å². The first kappa shape index (κ1) is 14.9. The predicted molar refractivity (Wildman–Crippen MR) is 89.4 cm³/mol. The average Bonchev–Trinajstić information content (AvgIpc) is 3.26. The molecule has 2 N–H and O–H groups in total. The van der Waals surface area contributed by atoms with Gasteiger partial charge in [-0.25, -0.2) is 14.1 Å². The number of benzene rings is 1. The van der Waals surface area contributed by atoms with Crippen molar-refractivity contribution in [2.24, 2.45) is 5.92 Å². The van der Waals surface area contributed by atoms with Gasteiger partial charge in [-0.15, -0.1) is 0 Å². The third-order valence-corrected chi connectivity index (χ3v) is 4.28. The van der Waals surface area contributed by atoms with Crippen molar-refractivity contribution in [3.63, 3.8) is 0 Å². The van der Waals surface area contributed by atoms with E-state index in [2.05, 4.69) is 20.7 Å². The van der Waals surface area contributed by atoms with Crippen molar-refractivity contribution in [3.05, 3.63) is 60.6 Å². The van der Waals surface area contributed by atoms with Gasteiger partial charge in [0.15, 0.2) is 0 Å². The van der Waals surface area contributed by atoms with E-state index >= 15 is 0 Å². The minimum atomic E-state index is -0.243.